The summed E-state index contributed by atoms with van der Waals surface area (Å²) in [7, 11) is -0.347. The van der Waals surface area contributed by atoms with E-state index in [-0.39, 0.29) is 6.42 Å². The second-order valence-corrected chi connectivity index (χ2v) is 11.5. The molecule has 0 unspecified atom stereocenters. The summed E-state index contributed by atoms with van der Waals surface area (Å²) in [5.74, 6) is -3.94. The maximum absolute atomic E-state index is 10.9. The number of rotatable bonds is 22. The van der Waals surface area contributed by atoms with Gasteiger partial charge >= 0.3 is 11.9 Å². The molecule has 0 aromatic heterocycles. The Kier molecular flexibility index (Phi) is 18.0. The number of carboxylic acid groups (broad SMARTS) is 2. The van der Waals surface area contributed by atoms with Crippen LogP contribution in [0, 0.1) is 5.92 Å². The van der Waals surface area contributed by atoms with Crippen LogP contribution in [-0.2, 0) is 37.7 Å². The predicted molar refractivity (Wildman–Crippen MR) is 111 cm³/mol. The highest BCUT2D eigenvalue weighted by atomic mass is 28.4. The summed E-state index contributed by atoms with van der Waals surface area (Å²) >= 11 is 0. The lowest BCUT2D eigenvalue weighted by atomic mass is 10.1. The van der Waals surface area contributed by atoms with Crippen molar-refractivity contribution in [3.8, 4) is 0 Å². The van der Waals surface area contributed by atoms with Crippen molar-refractivity contribution >= 4 is 20.3 Å². The van der Waals surface area contributed by atoms with Gasteiger partial charge < -0.3 is 38.3 Å². The van der Waals surface area contributed by atoms with Crippen LogP contribution in [0.4, 0.5) is 0 Å². The maximum atomic E-state index is 10.9. The molecule has 0 saturated heterocycles. The quantitative estimate of drug-likeness (QED) is 0.141. The molecule has 0 bridgehead atoms. The molecule has 0 amide bonds. The zero-order valence-electron chi connectivity index (χ0n) is 18.4. The highest BCUT2D eigenvalue weighted by Gasteiger charge is 2.28. The highest BCUT2D eigenvalue weighted by molar-refractivity contribution is 6.71. The smallest absolute Gasteiger partial charge is 0.317 e. The molecule has 0 saturated carbocycles. The first-order valence-electron chi connectivity index (χ1n) is 10.2. The van der Waals surface area contributed by atoms with E-state index in [1.54, 1.807) is 7.11 Å². The van der Waals surface area contributed by atoms with Crippen molar-refractivity contribution in [2.75, 3.05) is 73.2 Å². The van der Waals surface area contributed by atoms with Crippen LogP contribution < -0.4 is 0 Å². The van der Waals surface area contributed by atoms with Gasteiger partial charge in [-0.3, -0.25) is 9.59 Å². The molecule has 2 N–H and O–H groups in total. The summed E-state index contributed by atoms with van der Waals surface area (Å²) in [6.07, 6.45) is 0.626. The molecule has 0 aliphatic carbocycles. The van der Waals surface area contributed by atoms with Crippen molar-refractivity contribution in [2.45, 2.75) is 32.0 Å². The first-order chi connectivity index (χ1) is 14.3. The van der Waals surface area contributed by atoms with Gasteiger partial charge in [0, 0.05) is 7.11 Å². The fourth-order valence-corrected chi connectivity index (χ4v) is 4.27. The van der Waals surface area contributed by atoms with Crippen molar-refractivity contribution in [2.24, 2.45) is 5.92 Å². The van der Waals surface area contributed by atoms with Crippen molar-refractivity contribution in [3.05, 3.63) is 0 Å². The molecule has 178 valence electrons. The Balaban J connectivity index is 3.50. The Labute approximate surface area is 179 Å². The highest BCUT2D eigenvalue weighted by Crippen LogP contribution is 2.18. The van der Waals surface area contributed by atoms with Crippen LogP contribution in [0.15, 0.2) is 0 Å². The molecule has 0 radical (unpaired) electrons. The summed E-state index contributed by atoms with van der Waals surface area (Å²) in [6, 6.07) is 0.699. The fraction of sp³-hybridized carbons (Fsp3) is 0.895. The minimum Gasteiger partial charge on any atom is -0.481 e. The van der Waals surface area contributed by atoms with Crippen molar-refractivity contribution in [1.29, 1.82) is 0 Å². The summed E-state index contributed by atoms with van der Waals surface area (Å²) in [6.45, 7) is 9.07. The van der Waals surface area contributed by atoms with Crippen molar-refractivity contribution in [3.63, 3.8) is 0 Å². The predicted octanol–water partition coefficient (Wildman–Crippen LogP) is 1.49. The standard InChI is InChI=1S/C19H38O10Si/c1-24-6-7-25-8-9-26-10-11-27-12-13-28-14-15-29-30(2,3)16-4-5-17(18(20)21)19(22)23/h17H,4-16H2,1-3H3,(H,20,21)(H,22,23). The molecule has 0 fully saturated rings. The van der Waals surface area contributed by atoms with E-state index in [9.17, 15) is 9.59 Å². The van der Waals surface area contributed by atoms with E-state index in [4.69, 9.17) is 38.3 Å². The van der Waals surface area contributed by atoms with Gasteiger partial charge in [0.05, 0.1) is 66.1 Å². The first kappa shape index (κ1) is 28.9. The molecule has 0 spiro atoms. The summed E-state index contributed by atoms with van der Waals surface area (Å²) in [5, 5.41) is 17.8. The molecule has 0 aliphatic heterocycles. The summed E-state index contributed by atoms with van der Waals surface area (Å²) < 4.78 is 32.2. The lowest BCUT2D eigenvalue weighted by Gasteiger charge is -2.23. The van der Waals surface area contributed by atoms with Crippen LogP contribution >= 0.6 is 0 Å². The van der Waals surface area contributed by atoms with E-state index < -0.39 is 26.2 Å². The number of carboxylic acids is 2. The van der Waals surface area contributed by atoms with Crippen LogP contribution in [0.3, 0.4) is 0 Å². The Morgan fingerprint density at radius 2 is 1.13 bits per heavy atom. The van der Waals surface area contributed by atoms with E-state index in [0.29, 0.717) is 78.5 Å². The molecular formula is C19H38O10Si. The largest absolute Gasteiger partial charge is 0.481 e. The third kappa shape index (κ3) is 17.7. The van der Waals surface area contributed by atoms with Crippen molar-refractivity contribution in [1.82, 2.24) is 0 Å². The maximum Gasteiger partial charge on any atom is 0.317 e. The minimum absolute atomic E-state index is 0.114. The van der Waals surface area contributed by atoms with E-state index in [2.05, 4.69) is 0 Å². The molecule has 0 heterocycles. The Bertz CT molecular complexity index is 433. The lowest BCUT2D eigenvalue weighted by molar-refractivity contribution is -0.154. The molecule has 10 nitrogen and oxygen atoms in total. The minimum atomic E-state index is -1.98. The third-order valence-corrected chi connectivity index (χ3v) is 6.68. The molecule has 0 atom stereocenters. The molecule has 11 heteroatoms. The van der Waals surface area contributed by atoms with Gasteiger partial charge in [-0.1, -0.05) is 6.42 Å². The normalized spacial score (nSPS) is 11.9. The van der Waals surface area contributed by atoms with Crippen LogP contribution in [0.25, 0.3) is 0 Å². The van der Waals surface area contributed by atoms with Crippen LogP contribution in [0.5, 0.6) is 0 Å². The summed E-state index contributed by atoms with van der Waals surface area (Å²) in [4.78, 5) is 21.8. The SMILES string of the molecule is COCCOCCOCCOCCOCCO[Si](C)(C)CCCC(C(=O)O)C(=O)O. The van der Waals surface area contributed by atoms with Gasteiger partial charge in [0.1, 0.15) is 0 Å². The van der Waals surface area contributed by atoms with Gasteiger partial charge in [-0.25, -0.2) is 0 Å². The number of carbonyl (C=O) groups is 2. The Morgan fingerprint density at radius 1 is 0.733 bits per heavy atom. The number of ether oxygens (including phenoxy) is 5. The molecular weight excluding hydrogens is 416 g/mol. The van der Waals surface area contributed by atoms with E-state index in [1.807, 2.05) is 13.1 Å². The number of methoxy groups -OCH3 is 1. The van der Waals surface area contributed by atoms with E-state index in [0.717, 1.165) is 0 Å². The number of hydrogen-bond donors (Lipinski definition) is 2. The van der Waals surface area contributed by atoms with Gasteiger partial charge in [0.2, 0.25) is 0 Å². The topological polar surface area (TPSA) is 130 Å². The molecule has 0 rings (SSSR count). The van der Waals surface area contributed by atoms with Crippen molar-refractivity contribution < 1.29 is 47.9 Å². The molecule has 0 aromatic carbocycles. The fourth-order valence-electron chi connectivity index (χ4n) is 2.44. The van der Waals surface area contributed by atoms with Crippen LogP contribution in [-0.4, -0.2) is 104 Å². The van der Waals surface area contributed by atoms with Gasteiger partial charge in [-0.15, -0.1) is 0 Å². The first-order valence-corrected chi connectivity index (χ1v) is 13.3. The second-order valence-electron chi connectivity index (χ2n) is 7.17. The van der Waals surface area contributed by atoms with Gasteiger partial charge in [-0.05, 0) is 25.6 Å². The van der Waals surface area contributed by atoms with Gasteiger partial charge in [0.25, 0.3) is 0 Å². The lowest BCUT2D eigenvalue weighted by Crippen LogP contribution is -2.32. The zero-order chi connectivity index (χ0) is 22.7. The second kappa shape index (κ2) is 18.7. The monoisotopic (exact) mass is 454 g/mol. The Morgan fingerprint density at radius 3 is 1.53 bits per heavy atom. The Hall–Kier alpha value is -1.08. The average molecular weight is 455 g/mol. The van der Waals surface area contributed by atoms with E-state index >= 15 is 0 Å². The average Bonchev–Trinajstić information content (AvgIpc) is 2.67. The third-order valence-electron chi connectivity index (χ3n) is 4.14. The molecule has 30 heavy (non-hydrogen) atoms. The van der Waals surface area contributed by atoms with Crippen LogP contribution in [0.1, 0.15) is 12.8 Å². The van der Waals surface area contributed by atoms with E-state index in [1.165, 1.54) is 0 Å². The molecule has 0 aromatic rings. The number of aliphatic carboxylic acids is 2. The molecule has 0 aliphatic rings. The van der Waals surface area contributed by atoms with Gasteiger partial charge in [0.15, 0.2) is 14.2 Å². The van der Waals surface area contributed by atoms with Gasteiger partial charge in [-0.2, -0.15) is 0 Å². The summed E-state index contributed by atoms with van der Waals surface area (Å²) in [5.41, 5.74) is 0. The number of hydrogen-bond acceptors (Lipinski definition) is 8. The zero-order valence-corrected chi connectivity index (χ0v) is 19.4. The van der Waals surface area contributed by atoms with Crippen LogP contribution in [0.2, 0.25) is 19.1 Å².